The molecule has 106 valence electrons. The third-order valence-corrected chi connectivity index (χ3v) is 4.24. The Morgan fingerprint density at radius 3 is 2.43 bits per heavy atom. The lowest BCUT2D eigenvalue weighted by molar-refractivity contribution is 0.845. The van der Waals surface area contributed by atoms with Crippen molar-refractivity contribution in [3.63, 3.8) is 0 Å². The molecule has 0 saturated carbocycles. The van der Waals surface area contributed by atoms with E-state index in [1.54, 1.807) is 6.07 Å². The van der Waals surface area contributed by atoms with Gasteiger partial charge in [0.25, 0.3) is 0 Å². The van der Waals surface area contributed by atoms with E-state index < -0.39 is 0 Å². The average molecular weight is 317 g/mol. The fourth-order valence-electron chi connectivity index (χ4n) is 2.38. The normalized spacial score (nSPS) is 12.3. The number of halogens is 2. The second-order valence-electron chi connectivity index (χ2n) is 4.79. The van der Waals surface area contributed by atoms with Crippen LogP contribution in [0.25, 0.3) is 10.8 Å². The van der Waals surface area contributed by atoms with Crippen molar-refractivity contribution in [2.75, 3.05) is 5.32 Å². The van der Waals surface area contributed by atoms with Gasteiger partial charge in [0.15, 0.2) is 0 Å². The summed E-state index contributed by atoms with van der Waals surface area (Å²) >= 11 is 12.2. The highest BCUT2D eigenvalue weighted by molar-refractivity contribution is 6.43. The number of benzene rings is 3. The molecule has 0 heterocycles. The molecular formula is C17H14Cl2N2. The number of fused-ring (bicyclic) bond motifs is 1. The lowest BCUT2D eigenvalue weighted by atomic mass is 10.0. The number of anilines is 1. The highest BCUT2D eigenvalue weighted by Gasteiger charge is 2.12. The van der Waals surface area contributed by atoms with Gasteiger partial charge < -0.3 is 11.1 Å². The molecule has 1 unspecified atom stereocenters. The number of hydrogen-bond acceptors (Lipinski definition) is 2. The first-order valence-electron chi connectivity index (χ1n) is 6.60. The zero-order valence-corrected chi connectivity index (χ0v) is 12.7. The molecular weight excluding hydrogens is 303 g/mol. The molecule has 4 heteroatoms. The SMILES string of the molecule is NC(Nc1cccc(Cl)c1Cl)c1cccc2ccccc12. The van der Waals surface area contributed by atoms with E-state index in [1.807, 2.05) is 36.4 Å². The predicted molar refractivity (Wildman–Crippen MR) is 91.0 cm³/mol. The number of nitrogens with one attached hydrogen (secondary N) is 1. The molecule has 0 radical (unpaired) electrons. The van der Waals surface area contributed by atoms with E-state index in [2.05, 4.69) is 23.5 Å². The van der Waals surface area contributed by atoms with Crippen LogP contribution in [0.4, 0.5) is 5.69 Å². The maximum Gasteiger partial charge on any atom is 0.101 e. The topological polar surface area (TPSA) is 38.0 Å². The van der Waals surface area contributed by atoms with Crippen molar-refractivity contribution >= 4 is 39.7 Å². The molecule has 21 heavy (non-hydrogen) atoms. The van der Waals surface area contributed by atoms with E-state index in [9.17, 15) is 0 Å². The Balaban J connectivity index is 1.97. The molecule has 0 bridgehead atoms. The minimum Gasteiger partial charge on any atom is -0.365 e. The maximum absolute atomic E-state index is 6.30. The number of nitrogens with two attached hydrogens (primary N) is 1. The minimum absolute atomic E-state index is 0.368. The van der Waals surface area contributed by atoms with Gasteiger partial charge in [-0.25, -0.2) is 0 Å². The van der Waals surface area contributed by atoms with Crippen LogP contribution in [0.15, 0.2) is 60.7 Å². The van der Waals surface area contributed by atoms with Gasteiger partial charge in [0.2, 0.25) is 0 Å². The molecule has 0 saturated heterocycles. The number of hydrogen-bond donors (Lipinski definition) is 2. The second kappa shape index (κ2) is 5.94. The molecule has 3 rings (SSSR count). The molecule has 0 aliphatic carbocycles. The highest BCUT2D eigenvalue weighted by Crippen LogP contribution is 2.32. The molecule has 0 aromatic heterocycles. The van der Waals surface area contributed by atoms with Crippen LogP contribution in [0, 0.1) is 0 Å². The van der Waals surface area contributed by atoms with Gasteiger partial charge in [-0.2, -0.15) is 0 Å². The highest BCUT2D eigenvalue weighted by atomic mass is 35.5. The van der Waals surface area contributed by atoms with Gasteiger partial charge in [0.05, 0.1) is 15.7 Å². The summed E-state index contributed by atoms with van der Waals surface area (Å²) in [7, 11) is 0. The van der Waals surface area contributed by atoms with Gasteiger partial charge in [-0.3, -0.25) is 0 Å². The third-order valence-electron chi connectivity index (χ3n) is 3.42. The van der Waals surface area contributed by atoms with Crippen molar-refractivity contribution in [2.24, 2.45) is 5.73 Å². The van der Waals surface area contributed by atoms with Crippen molar-refractivity contribution in [3.8, 4) is 0 Å². The first-order chi connectivity index (χ1) is 10.2. The molecule has 1 atom stereocenters. The first-order valence-corrected chi connectivity index (χ1v) is 7.36. The molecule has 0 aliphatic rings. The summed E-state index contributed by atoms with van der Waals surface area (Å²) in [6.07, 6.45) is -0.368. The Hall–Kier alpha value is -1.74. The summed E-state index contributed by atoms with van der Waals surface area (Å²) in [4.78, 5) is 0. The number of rotatable bonds is 3. The lowest BCUT2D eigenvalue weighted by Crippen LogP contribution is -2.20. The van der Waals surface area contributed by atoms with Gasteiger partial charge in [-0.1, -0.05) is 71.7 Å². The Morgan fingerprint density at radius 1 is 0.857 bits per heavy atom. The van der Waals surface area contributed by atoms with Gasteiger partial charge in [0, 0.05) is 0 Å². The van der Waals surface area contributed by atoms with Crippen LogP contribution in [0.1, 0.15) is 11.7 Å². The van der Waals surface area contributed by atoms with E-state index >= 15 is 0 Å². The average Bonchev–Trinajstić information content (AvgIpc) is 2.51. The Morgan fingerprint density at radius 2 is 1.57 bits per heavy atom. The zero-order chi connectivity index (χ0) is 14.8. The van der Waals surface area contributed by atoms with E-state index in [-0.39, 0.29) is 6.17 Å². The molecule has 0 aliphatic heterocycles. The summed E-state index contributed by atoms with van der Waals surface area (Å²) < 4.78 is 0. The fraction of sp³-hybridized carbons (Fsp3) is 0.0588. The van der Waals surface area contributed by atoms with Crippen molar-refractivity contribution in [1.29, 1.82) is 0 Å². The summed E-state index contributed by atoms with van der Waals surface area (Å²) in [6.45, 7) is 0. The Kier molecular flexibility index (Phi) is 4.02. The summed E-state index contributed by atoms with van der Waals surface area (Å²) in [6, 6.07) is 19.7. The van der Waals surface area contributed by atoms with E-state index in [0.29, 0.717) is 10.0 Å². The van der Waals surface area contributed by atoms with Crippen LogP contribution in [-0.4, -0.2) is 0 Å². The fourth-order valence-corrected chi connectivity index (χ4v) is 2.74. The van der Waals surface area contributed by atoms with E-state index in [0.717, 1.165) is 22.0 Å². The van der Waals surface area contributed by atoms with Gasteiger partial charge >= 0.3 is 0 Å². The minimum atomic E-state index is -0.368. The lowest BCUT2D eigenvalue weighted by Gasteiger charge is -2.19. The summed E-state index contributed by atoms with van der Waals surface area (Å²) in [5, 5.41) is 6.49. The summed E-state index contributed by atoms with van der Waals surface area (Å²) in [5.74, 6) is 0. The zero-order valence-electron chi connectivity index (χ0n) is 11.2. The van der Waals surface area contributed by atoms with Crippen LogP contribution in [0.5, 0.6) is 0 Å². The standard InChI is InChI=1S/C17H14Cl2N2/c18-14-9-4-10-15(16(14)19)21-17(20)13-8-3-6-11-5-1-2-7-12(11)13/h1-10,17,21H,20H2. The van der Waals surface area contributed by atoms with Crippen LogP contribution >= 0.6 is 23.2 Å². The Labute approximate surface area is 133 Å². The van der Waals surface area contributed by atoms with Gasteiger partial charge in [0.1, 0.15) is 6.17 Å². The third kappa shape index (κ3) is 2.84. The van der Waals surface area contributed by atoms with Crippen molar-refractivity contribution < 1.29 is 0 Å². The molecule has 0 fully saturated rings. The van der Waals surface area contributed by atoms with Crippen LogP contribution in [0.2, 0.25) is 10.0 Å². The van der Waals surface area contributed by atoms with Crippen LogP contribution in [-0.2, 0) is 0 Å². The maximum atomic E-state index is 6.30. The van der Waals surface area contributed by atoms with E-state index in [4.69, 9.17) is 28.9 Å². The van der Waals surface area contributed by atoms with Crippen LogP contribution in [0.3, 0.4) is 0 Å². The monoisotopic (exact) mass is 316 g/mol. The quantitative estimate of drug-likeness (QED) is 0.650. The van der Waals surface area contributed by atoms with Crippen molar-refractivity contribution in [3.05, 3.63) is 76.3 Å². The van der Waals surface area contributed by atoms with Crippen molar-refractivity contribution in [2.45, 2.75) is 6.17 Å². The van der Waals surface area contributed by atoms with Crippen molar-refractivity contribution in [1.82, 2.24) is 0 Å². The molecule has 0 amide bonds. The second-order valence-corrected chi connectivity index (χ2v) is 5.58. The predicted octanol–water partition coefficient (Wildman–Crippen LogP) is 5.22. The first kappa shape index (κ1) is 14.2. The van der Waals surface area contributed by atoms with Gasteiger partial charge in [-0.15, -0.1) is 0 Å². The van der Waals surface area contributed by atoms with E-state index in [1.165, 1.54) is 0 Å². The molecule has 3 N–H and O–H groups in total. The van der Waals surface area contributed by atoms with Gasteiger partial charge in [-0.05, 0) is 28.5 Å². The molecule has 2 nitrogen and oxygen atoms in total. The Bertz CT molecular complexity index is 781. The smallest absolute Gasteiger partial charge is 0.101 e. The van der Waals surface area contributed by atoms with Crippen LogP contribution < -0.4 is 11.1 Å². The molecule has 0 spiro atoms. The summed E-state index contributed by atoms with van der Waals surface area (Å²) in [5.41, 5.74) is 8.04. The largest absolute Gasteiger partial charge is 0.365 e. The molecule has 3 aromatic carbocycles. The molecule has 3 aromatic rings.